The molecule has 1 saturated heterocycles. The van der Waals surface area contributed by atoms with Crippen LogP contribution >= 0.6 is 0 Å². The van der Waals surface area contributed by atoms with Crippen LogP contribution in [0.25, 0.3) is 0 Å². The molecule has 0 spiro atoms. The number of hydrogen-bond acceptors (Lipinski definition) is 6. The van der Waals surface area contributed by atoms with E-state index in [0.29, 0.717) is 25.6 Å². The van der Waals surface area contributed by atoms with Gasteiger partial charge in [0.1, 0.15) is 11.3 Å². The molecule has 2 heterocycles. The number of carbonyl (C=O) groups is 1. The summed E-state index contributed by atoms with van der Waals surface area (Å²) in [6.45, 7) is 5.37. The van der Waals surface area contributed by atoms with Crippen LogP contribution < -0.4 is 20.1 Å². The summed E-state index contributed by atoms with van der Waals surface area (Å²) in [6, 6.07) is 7.93. The van der Waals surface area contributed by atoms with Gasteiger partial charge in [0.05, 0.1) is 12.8 Å². The van der Waals surface area contributed by atoms with E-state index in [-0.39, 0.29) is 11.5 Å². The lowest BCUT2D eigenvalue weighted by Crippen LogP contribution is -2.47. The van der Waals surface area contributed by atoms with Crippen molar-refractivity contribution in [3.8, 4) is 5.75 Å². The van der Waals surface area contributed by atoms with Gasteiger partial charge in [-0.3, -0.25) is 14.6 Å². The van der Waals surface area contributed by atoms with Gasteiger partial charge in [-0.2, -0.15) is 0 Å². The molecule has 0 unspecified atom stereocenters. The fraction of sp³-hybridized carbons (Fsp3) is 0.421. The van der Waals surface area contributed by atoms with Crippen molar-refractivity contribution in [1.29, 1.82) is 0 Å². The van der Waals surface area contributed by atoms with E-state index in [1.54, 1.807) is 14.2 Å². The second-order valence-electron chi connectivity index (χ2n) is 6.41. The Balaban J connectivity index is 1.70. The molecular weight excluding hydrogens is 346 g/mol. The van der Waals surface area contributed by atoms with Gasteiger partial charge in [-0.15, -0.1) is 0 Å². The highest BCUT2D eigenvalue weighted by Gasteiger charge is 2.22. The van der Waals surface area contributed by atoms with E-state index in [4.69, 9.17) is 4.74 Å². The molecule has 8 nitrogen and oxygen atoms in total. The molecular formula is C19H25N5O3. The maximum Gasteiger partial charge on any atom is 0.265 e. The second-order valence-corrected chi connectivity index (χ2v) is 6.41. The number of H-pyrrole nitrogens is 1. The number of nitrogens with one attached hydrogen (secondary N) is 1. The van der Waals surface area contributed by atoms with Gasteiger partial charge in [-0.05, 0) is 19.1 Å². The first-order chi connectivity index (χ1) is 13.0. The van der Waals surface area contributed by atoms with Crippen LogP contribution in [0.2, 0.25) is 0 Å². The maximum absolute atomic E-state index is 12.3. The van der Waals surface area contributed by atoms with Crippen molar-refractivity contribution in [3.63, 3.8) is 0 Å². The molecule has 0 radical (unpaired) electrons. The van der Waals surface area contributed by atoms with Gasteiger partial charge in [0.2, 0.25) is 5.95 Å². The smallest absolute Gasteiger partial charge is 0.265 e. The number of carbonyl (C=O) groups excluding carboxylic acids is 1. The molecule has 2 aromatic rings. The molecule has 1 aromatic heterocycles. The van der Waals surface area contributed by atoms with Gasteiger partial charge in [-0.25, -0.2) is 4.98 Å². The second kappa shape index (κ2) is 8.11. The molecule has 0 atom stereocenters. The topological polar surface area (TPSA) is 81.8 Å². The van der Waals surface area contributed by atoms with E-state index >= 15 is 0 Å². The number of hydrogen-bond donors (Lipinski definition) is 1. The first-order valence-corrected chi connectivity index (χ1v) is 9.02. The van der Waals surface area contributed by atoms with Gasteiger partial charge in [0.15, 0.2) is 0 Å². The fourth-order valence-corrected chi connectivity index (χ4v) is 3.10. The molecule has 1 aromatic carbocycles. The molecule has 1 N–H and O–H groups in total. The highest BCUT2D eigenvalue weighted by atomic mass is 16.5. The van der Waals surface area contributed by atoms with Crippen molar-refractivity contribution in [2.75, 3.05) is 56.7 Å². The number of benzene rings is 1. The Bertz CT molecular complexity index is 858. The van der Waals surface area contributed by atoms with Crippen LogP contribution in [0.15, 0.2) is 35.3 Å². The van der Waals surface area contributed by atoms with Crippen molar-refractivity contribution < 1.29 is 9.53 Å². The van der Waals surface area contributed by atoms with Crippen LogP contribution in [0.1, 0.15) is 17.3 Å². The van der Waals surface area contributed by atoms with E-state index < -0.39 is 5.56 Å². The Morgan fingerprint density at radius 3 is 2.52 bits per heavy atom. The van der Waals surface area contributed by atoms with Crippen LogP contribution in [-0.2, 0) is 0 Å². The van der Waals surface area contributed by atoms with Crippen molar-refractivity contribution >= 4 is 17.5 Å². The first kappa shape index (κ1) is 18.8. The summed E-state index contributed by atoms with van der Waals surface area (Å²) in [5, 5.41) is 0. The summed E-state index contributed by atoms with van der Waals surface area (Å²) in [4.78, 5) is 37.3. The number of anilines is 2. The molecule has 144 valence electrons. The SMILES string of the molecule is CCN(C)C(=O)c1cnc(N2CCN(c3ccccc3OC)CC2)[nH]c1=O. The predicted octanol–water partition coefficient (Wildman–Crippen LogP) is 1.20. The number of rotatable bonds is 5. The zero-order valence-corrected chi connectivity index (χ0v) is 15.9. The van der Waals surface area contributed by atoms with Crippen LogP contribution in [0.5, 0.6) is 5.75 Å². The third kappa shape index (κ3) is 3.89. The van der Waals surface area contributed by atoms with Gasteiger partial charge in [-0.1, -0.05) is 12.1 Å². The number of piperazine rings is 1. The molecule has 0 aliphatic carbocycles. The minimum atomic E-state index is -0.405. The number of amides is 1. The maximum atomic E-state index is 12.3. The van der Waals surface area contributed by atoms with E-state index in [1.807, 2.05) is 36.1 Å². The van der Waals surface area contributed by atoms with E-state index in [2.05, 4.69) is 14.9 Å². The summed E-state index contributed by atoms with van der Waals surface area (Å²) in [5.41, 5.74) is 0.720. The van der Waals surface area contributed by atoms with E-state index in [0.717, 1.165) is 24.5 Å². The van der Waals surface area contributed by atoms with Crippen molar-refractivity contribution in [3.05, 3.63) is 46.4 Å². The zero-order valence-electron chi connectivity index (χ0n) is 15.9. The third-order valence-corrected chi connectivity index (χ3v) is 4.84. The summed E-state index contributed by atoms with van der Waals surface area (Å²) >= 11 is 0. The number of aromatic amines is 1. The van der Waals surface area contributed by atoms with Crippen molar-refractivity contribution in [1.82, 2.24) is 14.9 Å². The summed E-state index contributed by atoms with van der Waals surface area (Å²) in [7, 11) is 3.33. The Morgan fingerprint density at radius 1 is 1.22 bits per heavy atom. The first-order valence-electron chi connectivity index (χ1n) is 9.02. The average molecular weight is 371 g/mol. The summed E-state index contributed by atoms with van der Waals surface area (Å²) in [6.07, 6.45) is 1.37. The lowest BCUT2D eigenvalue weighted by Gasteiger charge is -2.36. The molecule has 27 heavy (non-hydrogen) atoms. The lowest BCUT2D eigenvalue weighted by molar-refractivity contribution is 0.0800. The highest BCUT2D eigenvalue weighted by Crippen LogP contribution is 2.28. The van der Waals surface area contributed by atoms with Gasteiger partial charge in [0, 0.05) is 46.0 Å². The van der Waals surface area contributed by atoms with Crippen LogP contribution in [0.4, 0.5) is 11.6 Å². The van der Waals surface area contributed by atoms with Crippen LogP contribution in [0.3, 0.4) is 0 Å². The molecule has 1 aliphatic rings. The monoisotopic (exact) mass is 371 g/mol. The average Bonchev–Trinajstić information content (AvgIpc) is 2.72. The largest absolute Gasteiger partial charge is 0.495 e. The minimum absolute atomic E-state index is 0.0655. The highest BCUT2D eigenvalue weighted by molar-refractivity contribution is 5.93. The number of para-hydroxylation sites is 2. The normalized spacial score (nSPS) is 14.2. The standard InChI is InChI=1S/C19H25N5O3/c1-4-22(2)18(26)14-13-20-19(21-17(14)25)24-11-9-23(10-12-24)15-7-5-6-8-16(15)27-3/h5-8,13H,4,9-12H2,1-3H3,(H,20,21,25). The van der Waals surface area contributed by atoms with Crippen LogP contribution in [0, 0.1) is 0 Å². The number of ether oxygens (including phenoxy) is 1. The Labute approximate surface area is 158 Å². The molecule has 8 heteroatoms. The van der Waals surface area contributed by atoms with Crippen molar-refractivity contribution in [2.24, 2.45) is 0 Å². The quantitative estimate of drug-likeness (QED) is 0.850. The molecule has 3 rings (SSSR count). The number of aromatic nitrogens is 2. The Morgan fingerprint density at radius 2 is 1.89 bits per heavy atom. The predicted molar refractivity (Wildman–Crippen MR) is 105 cm³/mol. The van der Waals surface area contributed by atoms with Gasteiger partial charge >= 0.3 is 0 Å². The van der Waals surface area contributed by atoms with E-state index in [1.165, 1.54) is 11.1 Å². The fourth-order valence-electron chi connectivity index (χ4n) is 3.10. The van der Waals surface area contributed by atoms with Gasteiger partial charge in [0.25, 0.3) is 11.5 Å². The van der Waals surface area contributed by atoms with Crippen LogP contribution in [-0.4, -0.2) is 67.7 Å². The molecule has 1 amide bonds. The number of nitrogens with zero attached hydrogens (tertiary/aromatic N) is 4. The molecule has 0 saturated carbocycles. The van der Waals surface area contributed by atoms with Gasteiger partial charge < -0.3 is 19.4 Å². The lowest BCUT2D eigenvalue weighted by atomic mass is 10.2. The summed E-state index contributed by atoms with van der Waals surface area (Å²) < 4.78 is 5.44. The third-order valence-electron chi connectivity index (χ3n) is 4.84. The summed E-state index contributed by atoms with van der Waals surface area (Å²) in [5.74, 6) is 1.02. The van der Waals surface area contributed by atoms with E-state index in [9.17, 15) is 9.59 Å². The minimum Gasteiger partial charge on any atom is -0.495 e. The Kier molecular flexibility index (Phi) is 5.63. The van der Waals surface area contributed by atoms with Crippen molar-refractivity contribution in [2.45, 2.75) is 6.92 Å². The molecule has 1 fully saturated rings. The molecule has 0 bridgehead atoms. The Hall–Kier alpha value is -3.03. The molecule has 1 aliphatic heterocycles. The zero-order chi connectivity index (χ0) is 19.4. The number of methoxy groups -OCH3 is 1.